The van der Waals surface area contributed by atoms with E-state index >= 15 is 0 Å². The summed E-state index contributed by atoms with van der Waals surface area (Å²) in [5.41, 5.74) is 0.675. The summed E-state index contributed by atoms with van der Waals surface area (Å²) in [6, 6.07) is 6.88. The van der Waals surface area contributed by atoms with Gasteiger partial charge in [-0.25, -0.2) is 0 Å². The van der Waals surface area contributed by atoms with Gasteiger partial charge in [-0.2, -0.15) is 13.2 Å². The topological polar surface area (TPSA) is 25.2 Å². The number of aromatic nitrogens is 1. The Morgan fingerprint density at radius 1 is 1.36 bits per heavy atom. The molecule has 0 saturated heterocycles. The number of fused-ring (bicyclic) bond motifs is 1. The lowest BCUT2D eigenvalue weighted by molar-refractivity contribution is -0.160. The first kappa shape index (κ1) is 16.2. The third kappa shape index (κ3) is 3.95. The van der Waals surface area contributed by atoms with Gasteiger partial charge in [0.25, 0.3) is 0 Å². The number of carbonyl (C=O) groups excluding carboxylic acids is 1. The van der Waals surface area contributed by atoms with Crippen LogP contribution in [0, 0.1) is 12.3 Å². The molecular weight excluding hydrogens is 317 g/mol. The Balaban J connectivity index is 2.21. The van der Waals surface area contributed by atoms with Crippen LogP contribution in [-0.4, -0.2) is 34.6 Å². The normalized spacial score (nSPS) is 11.4. The molecular formula is C15H12ClF3N2O. The Morgan fingerprint density at radius 2 is 2.09 bits per heavy atom. The largest absolute Gasteiger partial charge is 0.406 e. The van der Waals surface area contributed by atoms with Gasteiger partial charge in [-0.15, -0.1) is 6.42 Å². The lowest BCUT2D eigenvalue weighted by Crippen LogP contribution is -2.40. The Kier molecular flexibility index (Phi) is 4.67. The van der Waals surface area contributed by atoms with E-state index in [1.807, 2.05) is 0 Å². The maximum Gasteiger partial charge on any atom is 0.406 e. The summed E-state index contributed by atoms with van der Waals surface area (Å²) in [4.78, 5) is 12.7. The minimum Gasteiger partial charge on any atom is -0.338 e. The van der Waals surface area contributed by atoms with Crippen molar-refractivity contribution in [1.29, 1.82) is 0 Å². The van der Waals surface area contributed by atoms with Crippen LogP contribution in [0.2, 0.25) is 5.02 Å². The highest BCUT2D eigenvalue weighted by molar-refractivity contribution is 6.31. The highest BCUT2D eigenvalue weighted by atomic mass is 35.5. The molecule has 2 rings (SSSR count). The Morgan fingerprint density at radius 3 is 2.73 bits per heavy atom. The minimum atomic E-state index is -4.49. The average molecular weight is 329 g/mol. The third-order valence-electron chi connectivity index (χ3n) is 3.05. The van der Waals surface area contributed by atoms with Crippen LogP contribution < -0.4 is 0 Å². The number of amides is 1. The summed E-state index contributed by atoms with van der Waals surface area (Å²) in [7, 11) is 0. The van der Waals surface area contributed by atoms with Crippen molar-refractivity contribution in [3.8, 4) is 12.3 Å². The van der Waals surface area contributed by atoms with Gasteiger partial charge in [-0.05, 0) is 23.6 Å². The molecule has 0 atom stereocenters. The van der Waals surface area contributed by atoms with Crippen LogP contribution in [0.25, 0.3) is 10.9 Å². The van der Waals surface area contributed by atoms with E-state index in [4.69, 9.17) is 18.0 Å². The summed E-state index contributed by atoms with van der Waals surface area (Å²) in [5, 5.41) is 1.33. The first-order valence-electron chi connectivity index (χ1n) is 6.32. The molecule has 116 valence electrons. The van der Waals surface area contributed by atoms with E-state index < -0.39 is 25.2 Å². The van der Waals surface area contributed by atoms with Crippen LogP contribution in [0.3, 0.4) is 0 Å². The van der Waals surface area contributed by atoms with E-state index in [0.717, 1.165) is 5.39 Å². The molecule has 0 aliphatic heterocycles. The second-order valence-corrected chi connectivity index (χ2v) is 5.15. The molecule has 3 nitrogen and oxygen atoms in total. The molecule has 1 aromatic heterocycles. The number of carbonyl (C=O) groups is 1. The van der Waals surface area contributed by atoms with Crippen LogP contribution in [0.15, 0.2) is 30.5 Å². The van der Waals surface area contributed by atoms with E-state index in [1.54, 1.807) is 35.0 Å². The Hall–Kier alpha value is -2.13. The molecule has 7 heteroatoms. The number of hydrogen-bond acceptors (Lipinski definition) is 1. The van der Waals surface area contributed by atoms with Gasteiger partial charge < -0.3 is 9.47 Å². The zero-order chi connectivity index (χ0) is 16.3. The zero-order valence-corrected chi connectivity index (χ0v) is 12.2. The van der Waals surface area contributed by atoms with Crippen molar-refractivity contribution in [3.05, 3.63) is 35.5 Å². The van der Waals surface area contributed by atoms with Crippen LogP contribution in [0.4, 0.5) is 13.2 Å². The fourth-order valence-corrected chi connectivity index (χ4v) is 2.27. The van der Waals surface area contributed by atoms with Gasteiger partial charge in [0.15, 0.2) is 0 Å². The number of alkyl halides is 3. The van der Waals surface area contributed by atoms with Gasteiger partial charge in [0.2, 0.25) is 5.91 Å². The van der Waals surface area contributed by atoms with Gasteiger partial charge in [0, 0.05) is 16.7 Å². The number of halogens is 4. The predicted octanol–water partition coefficient (Wildman–Crippen LogP) is 3.32. The van der Waals surface area contributed by atoms with E-state index in [-0.39, 0.29) is 6.54 Å². The molecule has 1 heterocycles. The van der Waals surface area contributed by atoms with Crippen LogP contribution >= 0.6 is 11.6 Å². The molecule has 0 spiro atoms. The first-order chi connectivity index (χ1) is 10.3. The van der Waals surface area contributed by atoms with Crippen molar-refractivity contribution in [3.63, 3.8) is 0 Å². The van der Waals surface area contributed by atoms with Gasteiger partial charge in [0.05, 0.1) is 6.54 Å². The fourth-order valence-electron chi connectivity index (χ4n) is 2.10. The van der Waals surface area contributed by atoms with Crippen molar-refractivity contribution in [2.45, 2.75) is 12.7 Å². The van der Waals surface area contributed by atoms with Crippen LogP contribution in [0.1, 0.15) is 0 Å². The molecule has 0 bridgehead atoms. The number of benzene rings is 1. The summed E-state index contributed by atoms with van der Waals surface area (Å²) < 4.78 is 39.0. The lowest BCUT2D eigenvalue weighted by atomic mass is 10.2. The molecule has 0 saturated carbocycles. The van der Waals surface area contributed by atoms with E-state index in [9.17, 15) is 18.0 Å². The van der Waals surface area contributed by atoms with Crippen LogP contribution in [-0.2, 0) is 11.3 Å². The second kappa shape index (κ2) is 6.32. The summed E-state index contributed by atoms with van der Waals surface area (Å²) in [6.45, 7) is -1.99. The fraction of sp³-hybridized carbons (Fsp3) is 0.267. The molecule has 0 radical (unpaired) electrons. The molecule has 0 N–H and O–H groups in total. The van der Waals surface area contributed by atoms with Crippen molar-refractivity contribution >= 4 is 28.4 Å². The van der Waals surface area contributed by atoms with E-state index in [1.165, 1.54) is 0 Å². The quantitative estimate of drug-likeness (QED) is 0.790. The van der Waals surface area contributed by atoms with Gasteiger partial charge in [0.1, 0.15) is 13.1 Å². The second-order valence-electron chi connectivity index (χ2n) is 4.72. The molecule has 22 heavy (non-hydrogen) atoms. The number of nitrogens with zero attached hydrogens (tertiary/aromatic N) is 2. The Bertz CT molecular complexity index is 730. The molecule has 0 aliphatic carbocycles. The van der Waals surface area contributed by atoms with E-state index in [2.05, 4.69) is 5.92 Å². The standard InChI is InChI=1S/C15H12ClF3N2O/c1-2-6-21(10-15(17,18)19)14(22)9-20-7-5-11-3-4-12(16)8-13(11)20/h1,3-5,7-8H,6,9-10H2. The van der Waals surface area contributed by atoms with Crippen molar-refractivity contribution in [1.82, 2.24) is 9.47 Å². The molecule has 0 fully saturated rings. The molecule has 1 aromatic carbocycles. The van der Waals surface area contributed by atoms with Gasteiger partial charge >= 0.3 is 6.18 Å². The zero-order valence-electron chi connectivity index (χ0n) is 11.4. The molecule has 2 aromatic rings. The SMILES string of the molecule is C#CCN(CC(F)(F)F)C(=O)Cn1ccc2ccc(Cl)cc21. The lowest BCUT2D eigenvalue weighted by Gasteiger charge is -2.22. The molecule has 0 unspecified atom stereocenters. The highest BCUT2D eigenvalue weighted by Crippen LogP contribution is 2.21. The number of terminal acetylenes is 1. The van der Waals surface area contributed by atoms with Crippen molar-refractivity contribution in [2.75, 3.05) is 13.1 Å². The summed E-state index contributed by atoms with van der Waals surface area (Å²) in [5.74, 6) is 1.37. The van der Waals surface area contributed by atoms with Gasteiger partial charge in [-0.1, -0.05) is 23.6 Å². The molecule has 1 amide bonds. The number of rotatable bonds is 4. The number of hydrogen-bond donors (Lipinski definition) is 0. The van der Waals surface area contributed by atoms with E-state index in [0.29, 0.717) is 15.4 Å². The minimum absolute atomic E-state index is 0.235. The predicted molar refractivity (Wildman–Crippen MR) is 78.4 cm³/mol. The van der Waals surface area contributed by atoms with Gasteiger partial charge in [-0.3, -0.25) is 4.79 Å². The van der Waals surface area contributed by atoms with Crippen molar-refractivity contribution < 1.29 is 18.0 Å². The molecule has 0 aliphatic rings. The summed E-state index contributed by atoms with van der Waals surface area (Å²) >= 11 is 5.90. The highest BCUT2D eigenvalue weighted by Gasteiger charge is 2.32. The summed E-state index contributed by atoms with van der Waals surface area (Å²) in [6.07, 6.45) is 2.17. The average Bonchev–Trinajstić information content (AvgIpc) is 2.79. The van der Waals surface area contributed by atoms with Crippen LogP contribution in [0.5, 0.6) is 0 Å². The first-order valence-corrected chi connectivity index (χ1v) is 6.70. The third-order valence-corrected chi connectivity index (χ3v) is 3.28. The monoisotopic (exact) mass is 328 g/mol. The maximum atomic E-state index is 12.5. The Labute approximate surface area is 130 Å². The van der Waals surface area contributed by atoms with Crippen molar-refractivity contribution in [2.24, 2.45) is 0 Å². The maximum absolute atomic E-state index is 12.5. The smallest absolute Gasteiger partial charge is 0.338 e.